The predicted molar refractivity (Wildman–Crippen MR) is 112 cm³/mol. The van der Waals surface area contributed by atoms with Crippen molar-refractivity contribution in [2.75, 3.05) is 17.2 Å². The van der Waals surface area contributed by atoms with Crippen LogP contribution < -0.4 is 16.0 Å². The molecule has 0 unspecified atom stereocenters. The number of para-hydroxylation sites is 1. The molecule has 1 heterocycles. The van der Waals surface area contributed by atoms with E-state index in [1.54, 1.807) is 29.1 Å². The first-order valence-corrected chi connectivity index (χ1v) is 9.55. The lowest BCUT2D eigenvalue weighted by atomic mass is 10.2. The summed E-state index contributed by atoms with van der Waals surface area (Å²) in [5.41, 5.74) is 1.76. The lowest BCUT2D eigenvalue weighted by Crippen LogP contribution is -2.31. The second kappa shape index (κ2) is 9.70. The van der Waals surface area contributed by atoms with Crippen molar-refractivity contribution in [3.8, 4) is 0 Å². The van der Waals surface area contributed by atoms with Crippen molar-refractivity contribution in [3.63, 3.8) is 0 Å². The first-order chi connectivity index (χ1) is 13.6. The van der Waals surface area contributed by atoms with Crippen molar-refractivity contribution in [2.45, 2.75) is 13.0 Å². The molecule has 0 atom stereocenters. The molecular weight excluding hydrogens is 422 g/mol. The maximum absolute atomic E-state index is 12.2. The predicted octanol–water partition coefficient (Wildman–Crippen LogP) is 3.84. The summed E-state index contributed by atoms with van der Waals surface area (Å²) in [6.07, 6.45) is 1.80. The van der Waals surface area contributed by atoms with E-state index in [1.165, 1.54) is 0 Å². The molecule has 0 fully saturated rings. The van der Waals surface area contributed by atoms with E-state index in [9.17, 15) is 9.59 Å². The van der Waals surface area contributed by atoms with Crippen LogP contribution in [-0.2, 0) is 11.3 Å². The van der Waals surface area contributed by atoms with Gasteiger partial charge in [-0.1, -0.05) is 46.3 Å². The zero-order valence-corrected chi connectivity index (χ0v) is 16.6. The topological polar surface area (TPSA) is 88.1 Å². The first-order valence-electron chi connectivity index (χ1n) is 8.76. The van der Waals surface area contributed by atoms with Gasteiger partial charge in [0.1, 0.15) is 5.82 Å². The lowest BCUT2D eigenvalue weighted by Gasteiger charge is -2.10. The molecule has 144 valence electrons. The van der Waals surface area contributed by atoms with Crippen molar-refractivity contribution in [2.24, 2.45) is 0 Å². The Bertz CT molecular complexity index is 943. The summed E-state index contributed by atoms with van der Waals surface area (Å²) in [5, 5.41) is 12.4. The summed E-state index contributed by atoms with van der Waals surface area (Å²) >= 11 is 3.45. The number of amides is 3. The van der Waals surface area contributed by atoms with Gasteiger partial charge in [-0.3, -0.25) is 4.79 Å². The third-order valence-electron chi connectivity index (χ3n) is 3.87. The third kappa shape index (κ3) is 5.95. The largest absolute Gasteiger partial charge is 0.337 e. The molecule has 2 aromatic carbocycles. The molecule has 8 heteroatoms. The average Bonchev–Trinajstić information content (AvgIpc) is 3.09. The molecule has 0 aliphatic carbocycles. The molecule has 3 N–H and O–H groups in total. The Balaban J connectivity index is 1.45. The normalized spacial score (nSPS) is 10.3. The quantitative estimate of drug-likeness (QED) is 0.520. The SMILES string of the molecule is O=C(CCNC(=O)Nc1ccccc1)Nc1ccnn1Cc1cccc(Br)c1. The van der Waals surface area contributed by atoms with Crippen molar-refractivity contribution in [3.05, 3.63) is 76.9 Å². The van der Waals surface area contributed by atoms with Crippen molar-refractivity contribution >= 4 is 39.4 Å². The number of rotatable bonds is 7. The minimum absolute atomic E-state index is 0.157. The Morgan fingerprint density at radius 2 is 1.82 bits per heavy atom. The molecule has 0 spiro atoms. The van der Waals surface area contributed by atoms with E-state index in [-0.39, 0.29) is 24.9 Å². The highest BCUT2D eigenvalue weighted by molar-refractivity contribution is 9.10. The van der Waals surface area contributed by atoms with Crippen molar-refractivity contribution < 1.29 is 9.59 Å². The number of anilines is 2. The standard InChI is InChI=1S/C20H20BrN5O2/c21-16-6-4-5-15(13-16)14-26-18(9-12-23-26)25-19(27)10-11-22-20(28)24-17-7-2-1-3-8-17/h1-9,12-13H,10-11,14H2,(H,25,27)(H2,22,24,28). The van der Waals surface area contributed by atoms with Crippen LogP contribution in [0.25, 0.3) is 0 Å². The average molecular weight is 442 g/mol. The van der Waals surface area contributed by atoms with Crippen LogP contribution in [0.5, 0.6) is 0 Å². The van der Waals surface area contributed by atoms with Crippen LogP contribution in [0.1, 0.15) is 12.0 Å². The molecule has 0 aliphatic rings. The van der Waals surface area contributed by atoms with Gasteiger partial charge in [-0.15, -0.1) is 0 Å². The molecule has 7 nitrogen and oxygen atoms in total. The molecule has 0 saturated heterocycles. The zero-order valence-electron chi connectivity index (χ0n) is 15.1. The van der Waals surface area contributed by atoms with Crippen LogP contribution in [-0.4, -0.2) is 28.3 Å². The minimum Gasteiger partial charge on any atom is -0.337 e. The van der Waals surface area contributed by atoms with Gasteiger partial charge in [0.2, 0.25) is 5.91 Å². The lowest BCUT2D eigenvalue weighted by molar-refractivity contribution is -0.116. The number of urea groups is 1. The van der Waals surface area contributed by atoms with Crippen LogP contribution in [0.2, 0.25) is 0 Å². The fourth-order valence-corrected chi connectivity index (χ4v) is 3.01. The van der Waals surface area contributed by atoms with Crippen LogP contribution in [0.15, 0.2) is 71.3 Å². The summed E-state index contributed by atoms with van der Waals surface area (Å²) in [7, 11) is 0. The second-order valence-corrected chi connectivity index (χ2v) is 6.96. The molecule has 28 heavy (non-hydrogen) atoms. The number of carbonyl (C=O) groups is 2. The van der Waals surface area contributed by atoms with E-state index in [1.807, 2.05) is 42.5 Å². The van der Waals surface area contributed by atoms with E-state index in [0.29, 0.717) is 18.1 Å². The second-order valence-electron chi connectivity index (χ2n) is 6.05. The number of benzene rings is 2. The van der Waals surface area contributed by atoms with Gasteiger partial charge in [0.25, 0.3) is 0 Å². The smallest absolute Gasteiger partial charge is 0.319 e. The van der Waals surface area contributed by atoms with Gasteiger partial charge in [-0.05, 0) is 29.8 Å². The number of carbonyl (C=O) groups excluding carboxylic acids is 2. The van der Waals surface area contributed by atoms with Crippen LogP contribution >= 0.6 is 15.9 Å². The number of aromatic nitrogens is 2. The van der Waals surface area contributed by atoms with E-state index in [2.05, 4.69) is 37.0 Å². The highest BCUT2D eigenvalue weighted by Gasteiger charge is 2.09. The zero-order chi connectivity index (χ0) is 19.8. The first kappa shape index (κ1) is 19.6. The van der Waals surface area contributed by atoms with Gasteiger partial charge in [0, 0.05) is 29.2 Å². The molecule has 3 aromatic rings. The van der Waals surface area contributed by atoms with E-state index in [0.717, 1.165) is 10.0 Å². The van der Waals surface area contributed by atoms with Gasteiger partial charge < -0.3 is 16.0 Å². The number of nitrogens with one attached hydrogen (secondary N) is 3. The monoisotopic (exact) mass is 441 g/mol. The summed E-state index contributed by atoms with van der Waals surface area (Å²) in [4.78, 5) is 24.0. The third-order valence-corrected chi connectivity index (χ3v) is 4.37. The summed E-state index contributed by atoms with van der Waals surface area (Å²) < 4.78 is 2.71. The molecule has 1 aromatic heterocycles. The summed E-state index contributed by atoms with van der Waals surface area (Å²) in [6.45, 7) is 0.768. The van der Waals surface area contributed by atoms with Gasteiger partial charge in [0.15, 0.2) is 0 Å². The number of nitrogens with zero attached hydrogens (tertiary/aromatic N) is 2. The van der Waals surface area contributed by atoms with Crippen LogP contribution in [0.4, 0.5) is 16.3 Å². The Kier molecular flexibility index (Phi) is 6.80. The highest BCUT2D eigenvalue weighted by Crippen LogP contribution is 2.15. The fourth-order valence-electron chi connectivity index (χ4n) is 2.56. The van der Waals surface area contributed by atoms with Gasteiger partial charge in [-0.25, -0.2) is 9.48 Å². The van der Waals surface area contributed by atoms with E-state index in [4.69, 9.17) is 0 Å². The molecular formula is C20H20BrN5O2. The maximum Gasteiger partial charge on any atom is 0.319 e. The Labute approximate surface area is 171 Å². The maximum atomic E-state index is 12.2. The number of halogens is 1. The molecule has 0 bridgehead atoms. The molecule has 3 rings (SSSR count). The van der Waals surface area contributed by atoms with Crippen LogP contribution in [0, 0.1) is 0 Å². The Morgan fingerprint density at radius 1 is 1.00 bits per heavy atom. The molecule has 0 aliphatic heterocycles. The number of hydrogen-bond donors (Lipinski definition) is 3. The van der Waals surface area contributed by atoms with Crippen molar-refractivity contribution in [1.29, 1.82) is 0 Å². The minimum atomic E-state index is -0.348. The highest BCUT2D eigenvalue weighted by atomic mass is 79.9. The fraction of sp³-hybridized carbons (Fsp3) is 0.150. The van der Waals surface area contributed by atoms with E-state index < -0.39 is 0 Å². The summed E-state index contributed by atoms with van der Waals surface area (Å²) in [6, 6.07) is 18.4. The molecule has 0 radical (unpaired) electrons. The van der Waals surface area contributed by atoms with Crippen LogP contribution in [0.3, 0.4) is 0 Å². The van der Waals surface area contributed by atoms with Gasteiger partial charge in [-0.2, -0.15) is 5.10 Å². The summed E-state index contributed by atoms with van der Waals surface area (Å²) in [5.74, 6) is 0.412. The van der Waals surface area contributed by atoms with Gasteiger partial charge in [0.05, 0.1) is 12.7 Å². The number of hydrogen-bond acceptors (Lipinski definition) is 3. The van der Waals surface area contributed by atoms with Crippen molar-refractivity contribution in [1.82, 2.24) is 15.1 Å². The Hall–Kier alpha value is -3.13. The molecule has 0 saturated carbocycles. The Morgan fingerprint density at radius 3 is 2.61 bits per heavy atom. The molecule has 3 amide bonds. The van der Waals surface area contributed by atoms with Gasteiger partial charge >= 0.3 is 6.03 Å². The van der Waals surface area contributed by atoms with E-state index >= 15 is 0 Å².